The first-order chi connectivity index (χ1) is 8.06. The molecule has 1 aromatic heterocycles. The molecule has 1 aliphatic heterocycles. The van der Waals surface area contributed by atoms with Gasteiger partial charge in [0.05, 0.1) is 6.42 Å². The quantitative estimate of drug-likeness (QED) is 0.829. The first kappa shape index (κ1) is 12.2. The van der Waals surface area contributed by atoms with Gasteiger partial charge in [0, 0.05) is 37.6 Å². The van der Waals surface area contributed by atoms with Gasteiger partial charge in [-0.2, -0.15) is 0 Å². The molecule has 1 aliphatic rings. The van der Waals surface area contributed by atoms with Crippen LogP contribution in [0.25, 0.3) is 0 Å². The summed E-state index contributed by atoms with van der Waals surface area (Å²) in [5.74, 6) is 0.250. The molecule has 0 radical (unpaired) electrons. The molecular formula is C13H21N3O. The second kappa shape index (κ2) is 4.92. The highest BCUT2D eigenvalue weighted by atomic mass is 16.2. The third-order valence-electron chi connectivity index (χ3n) is 3.45. The highest BCUT2D eigenvalue weighted by Crippen LogP contribution is 2.12. The number of amides is 1. The zero-order valence-electron chi connectivity index (χ0n) is 10.9. The summed E-state index contributed by atoms with van der Waals surface area (Å²) in [6.07, 6.45) is 0.528. The van der Waals surface area contributed by atoms with Crippen LogP contribution in [-0.4, -0.2) is 53.9 Å². The van der Waals surface area contributed by atoms with Crippen molar-refractivity contribution in [2.45, 2.75) is 20.3 Å². The Balaban J connectivity index is 1.95. The number of piperazine rings is 1. The molecule has 0 saturated carbocycles. The predicted molar refractivity (Wildman–Crippen MR) is 68.0 cm³/mol. The minimum atomic E-state index is 0.250. The Bertz CT molecular complexity index is 403. The molecule has 4 heteroatoms. The van der Waals surface area contributed by atoms with Crippen LogP contribution in [0.15, 0.2) is 6.07 Å². The molecule has 0 aromatic carbocycles. The second-order valence-electron chi connectivity index (χ2n) is 4.96. The lowest BCUT2D eigenvalue weighted by Crippen LogP contribution is -2.47. The van der Waals surface area contributed by atoms with Crippen LogP contribution in [0.5, 0.6) is 0 Å². The topological polar surface area (TPSA) is 39.3 Å². The van der Waals surface area contributed by atoms with E-state index in [1.807, 2.05) is 18.7 Å². The van der Waals surface area contributed by atoms with Crippen LogP contribution in [0.3, 0.4) is 0 Å². The lowest BCUT2D eigenvalue weighted by molar-refractivity contribution is -0.132. The summed E-state index contributed by atoms with van der Waals surface area (Å²) in [5.41, 5.74) is 3.38. The number of carbonyl (C=O) groups is 1. The summed E-state index contributed by atoms with van der Waals surface area (Å²) in [5, 5.41) is 0. The maximum Gasteiger partial charge on any atom is 0.227 e. The van der Waals surface area contributed by atoms with Gasteiger partial charge in [-0.3, -0.25) is 4.79 Å². The molecule has 17 heavy (non-hydrogen) atoms. The molecular weight excluding hydrogens is 214 g/mol. The van der Waals surface area contributed by atoms with Crippen molar-refractivity contribution < 1.29 is 4.79 Å². The van der Waals surface area contributed by atoms with Crippen molar-refractivity contribution in [1.29, 1.82) is 0 Å². The van der Waals surface area contributed by atoms with Crippen molar-refractivity contribution in [3.05, 3.63) is 23.0 Å². The molecule has 4 nitrogen and oxygen atoms in total. The molecule has 0 spiro atoms. The number of aryl methyl sites for hydroxylation is 2. The Morgan fingerprint density at radius 3 is 2.47 bits per heavy atom. The monoisotopic (exact) mass is 235 g/mol. The van der Waals surface area contributed by atoms with Gasteiger partial charge in [-0.25, -0.2) is 0 Å². The normalized spacial score (nSPS) is 17.5. The zero-order valence-corrected chi connectivity index (χ0v) is 10.9. The maximum atomic E-state index is 12.1. The highest BCUT2D eigenvalue weighted by Gasteiger charge is 2.19. The van der Waals surface area contributed by atoms with Gasteiger partial charge in [-0.05, 0) is 32.5 Å². The second-order valence-corrected chi connectivity index (χ2v) is 4.96. The van der Waals surface area contributed by atoms with E-state index in [4.69, 9.17) is 0 Å². The lowest BCUT2D eigenvalue weighted by Gasteiger charge is -2.32. The number of aromatic amines is 1. The van der Waals surface area contributed by atoms with Crippen LogP contribution < -0.4 is 0 Å². The van der Waals surface area contributed by atoms with Crippen molar-refractivity contribution in [3.63, 3.8) is 0 Å². The summed E-state index contributed by atoms with van der Waals surface area (Å²) in [4.78, 5) is 19.6. The van der Waals surface area contributed by atoms with Gasteiger partial charge in [0.15, 0.2) is 0 Å². The van der Waals surface area contributed by atoms with Crippen LogP contribution >= 0.6 is 0 Å². The molecule has 94 valence electrons. The Kier molecular flexibility index (Phi) is 3.52. The third-order valence-corrected chi connectivity index (χ3v) is 3.45. The number of aromatic nitrogens is 1. The number of carbonyl (C=O) groups excluding carboxylic acids is 1. The van der Waals surface area contributed by atoms with Crippen molar-refractivity contribution in [2.75, 3.05) is 33.2 Å². The van der Waals surface area contributed by atoms with E-state index in [0.717, 1.165) is 43.1 Å². The maximum absolute atomic E-state index is 12.1. The average molecular weight is 235 g/mol. The first-order valence-corrected chi connectivity index (χ1v) is 6.17. The third kappa shape index (κ3) is 2.88. The fourth-order valence-corrected chi connectivity index (χ4v) is 2.30. The molecule has 0 bridgehead atoms. The fraction of sp³-hybridized carbons (Fsp3) is 0.615. The molecule has 0 unspecified atom stereocenters. The molecule has 1 amide bonds. The van der Waals surface area contributed by atoms with E-state index in [9.17, 15) is 4.79 Å². The van der Waals surface area contributed by atoms with Crippen molar-refractivity contribution in [2.24, 2.45) is 0 Å². The lowest BCUT2D eigenvalue weighted by atomic mass is 10.1. The Morgan fingerprint density at radius 2 is 1.94 bits per heavy atom. The summed E-state index contributed by atoms with van der Waals surface area (Å²) in [7, 11) is 2.10. The van der Waals surface area contributed by atoms with Gasteiger partial charge in [0.25, 0.3) is 0 Å². The minimum Gasteiger partial charge on any atom is -0.362 e. The van der Waals surface area contributed by atoms with E-state index < -0.39 is 0 Å². The minimum absolute atomic E-state index is 0.250. The van der Waals surface area contributed by atoms with Gasteiger partial charge in [-0.15, -0.1) is 0 Å². The van der Waals surface area contributed by atoms with Gasteiger partial charge in [0.2, 0.25) is 5.91 Å². The smallest absolute Gasteiger partial charge is 0.227 e. The molecule has 0 atom stereocenters. The molecule has 1 saturated heterocycles. The number of hydrogen-bond acceptors (Lipinski definition) is 2. The summed E-state index contributed by atoms with van der Waals surface area (Å²) >= 11 is 0. The van der Waals surface area contributed by atoms with Gasteiger partial charge in [0.1, 0.15) is 0 Å². The van der Waals surface area contributed by atoms with E-state index in [1.54, 1.807) is 0 Å². The van der Waals surface area contributed by atoms with Crippen LogP contribution in [0.4, 0.5) is 0 Å². The van der Waals surface area contributed by atoms with E-state index >= 15 is 0 Å². The van der Waals surface area contributed by atoms with Gasteiger partial charge in [-0.1, -0.05) is 0 Å². The van der Waals surface area contributed by atoms with E-state index in [2.05, 4.69) is 23.0 Å². The first-order valence-electron chi connectivity index (χ1n) is 6.17. The molecule has 2 heterocycles. The van der Waals surface area contributed by atoms with E-state index in [-0.39, 0.29) is 5.91 Å². The standard InChI is InChI=1S/C13H21N3O/c1-10-8-12(11(2)14-10)9-13(17)16-6-4-15(3)5-7-16/h8,14H,4-7,9H2,1-3H3. The molecule has 1 aromatic rings. The fourth-order valence-electron chi connectivity index (χ4n) is 2.30. The average Bonchev–Trinajstić information content (AvgIpc) is 2.58. The van der Waals surface area contributed by atoms with Crippen molar-refractivity contribution in [1.82, 2.24) is 14.8 Å². The zero-order chi connectivity index (χ0) is 12.4. The Labute approximate surface area is 103 Å². The van der Waals surface area contributed by atoms with Crippen LogP contribution in [0.1, 0.15) is 17.0 Å². The Morgan fingerprint density at radius 1 is 1.29 bits per heavy atom. The van der Waals surface area contributed by atoms with E-state index in [0.29, 0.717) is 6.42 Å². The number of likely N-dealkylation sites (N-methyl/N-ethyl adjacent to an activating group) is 1. The number of nitrogens with zero attached hydrogens (tertiary/aromatic N) is 2. The van der Waals surface area contributed by atoms with Crippen LogP contribution in [0, 0.1) is 13.8 Å². The van der Waals surface area contributed by atoms with Gasteiger partial charge < -0.3 is 14.8 Å². The largest absolute Gasteiger partial charge is 0.362 e. The van der Waals surface area contributed by atoms with Crippen molar-refractivity contribution >= 4 is 5.91 Å². The van der Waals surface area contributed by atoms with Crippen molar-refractivity contribution in [3.8, 4) is 0 Å². The number of rotatable bonds is 2. The number of hydrogen-bond donors (Lipinski definition) is 1. The predicted octanol–water partition coefficient (Wildman–Crippen LogP) is 0.948. The van der Waals surface area contributed by atoms with Crippen LogP contribution in [-0.2, 0) is 11.2 Å². The molecule has 1 fully saturated rings. The Hall–Kier alpha value is -1.29. The SMILES string of the molecule is Cc1cc(CC(=O)N2CCN(C)CC2)c(C)[nH]1. The summed E-state index contributed by atoms with van der Waals surface area (Å²) in [6, 6.07) is 2.07. The van der Waals surface area contributed by atoms with Gasteiger partial charge >= 0.3 is 0 Å². The summed E-state index contributed by atoms with van der Waals surface area (Å²) in [6.45, 7) is 7.74. The summed E-state index contributed by atoms with van der Waals surface area (Å²) < 4.78 is 0. The molecule has 2 rings (SSSR count). The van der Waals surface area contributed by atoms with Crippen LogP contribution in [0.2, 0.25) is 0 Å². The highest BCUT2D eigenvalue weighted by molar-refractivity contribution is 5.79. The molecule has 1 N–H and O–H groups in total. The number of nitrogens with one attached hydrogen (secondary N) is 1. The molecule has 0 aliphatic carbocycles. The van der Waals surface area contributed by atoms with E-state index in [1.165, 1.54) is 0 Å². The number of H-pyrrole nitrogens is 1.